The van der Waals surface area contributed by atoms with Crippen LogP contribution in [0.1, 0.15) is 24.0 Å². The lowest BCUT2D eigenvalue weighted by molar-refractivity contribution is 0.262. The molecule has 3 rings (SSSR count). The molecule has 0 saturated carbocycles. The van der Waals surface area contributed by atoms with Gasteiger partial charge in [0.15, 0.2) is 0 Å². The molecule has 2 N–H and O–H groups in total. The van der Waals surface area contributed by atoms with Gasteiger partial charge in [-0.15, -0.1) is 0 Å². The molecule has 0 aromatic heterocycles. The van der Waals surface area contributed by atoms with Gasteiger partial charge in [-0.25, -0.2) is 4.79 Å². The molecular weight excluding hydrogens is 322 g/mol. The number of aryl methyl sites for hydroxylation is 1. The lowest BCUT2D eigenvalue weighted by atomic mass is 10.2. The highest BCUT2D eigenvalue weighted by Crippen LogP contribution is 2.21. The largest absolute Gasteiger partial charge is 0.323 e. The van der Waals surface area contributed by atoms with Crippen LogP contribution in [0.2, 0.25) is 5.02 Å². The van der Waals surface area contributed by atoms with Gasteiger partial charge in [-0.2, -0.15) is 0 Å². The molecule has 0 spiro atoms. The van der Waals surface area contributed by atoms with E-state index >= 15 is 0 Å². The Morgan fingerprint density at radius 2 is 1.79 bits per heavy atom. The van der Waals surface area contributed by atoms with E-state index in [1.807, 2.05) is 25.1 Å². The quantitative estimate of drug-likeness (QED) is 0.830. The van der Waals surface area contributed by atoms with E-state index in [9.17, 15) is 4.79 Å². The topological polar surface area (TPSA) is 44.4 Å². The molecule has 126 valence electrons. The number of rotatable bonds is 4. The Balaban J connectivity index is 1.57. The maximum Gasteiger partial charge on any atom is 0.323 e. The normalized spacial score (nSPS) is 14.6. The molecule has 5 heteroatoms. The average molecular weight is 344 g/mol. The van der Waals surface area contributed by atoms with E-state index in [4.69, 9.17) is 11.6 Å². The molecule has 1 aliphatic heterocycles. The van der Waals surface area contributed by atoms with Gasteiger partial charge in [-0.05, 0) is 68.2 Å². The number of urea groups is 1. The maximum absolute atomic E-state index is 12.1. The van der Waals surface area contributed by atoms with Gasteiger partial charge in [0.05, 0.1) is 0 Å². The second-order valence-corrected chi connectivity index (χ2v) is 6.65. The molecule has 2 aromatic rings. The Kier molecular flexibility index (Phi) is 5.38. The van der Waals surface area contributed by atoms with E-state index in [2.05, 4.69) is 27.7 Å². The number of likely N-dealkylation sites (tertiary alicyclic amines) is 1. The van der Waals surface area contributed by atoms with Crippen molar-refractivity contribution in [3.8, 4) is 0 Å². The van der Waals surface area contributed by atoms with Crippen LogP contribution < -0.4 is 10.6 Å². The van der Waals surface area contributed by atoms with E-state index in [-0.39, 0.29) is 6.03 Å². The second kappa shape index (κ2) is 7.69. The van der Waals surface area contributed by atoms with Crippen LogP contribution in [0.4, 0.5) is 16.2 Å². The fourth-order valence-electron chi connectivity index (χ4n) is 2.91. The average Bonchev–Trinajstić information content (AvgIpc) is 3.06. The number of nitrogens with zero attached hydrogens (tertiary/aromatic N) is 1. The first-order chi connectivity index (χ1) is 11.6. The zero-order chi connectivity index (χ0) is 16.9. The van der Waals surface area contributed by atoms with Crippen molar-refractivity contribution < 1.29 is 4.79 Å². The summed E-state index contributed by atoms with van der Waals surface area (Å²) >= 11 is 5.97. The number of amides is 2. The predicted molar refractivity (Wildman–Crippen MR) is 99.8 cm³/mol. The van der Waals surface area contributed by atoms with Crippen LogP contribution >= 0.6 is 11.6 Å². The minimum absolute atomic E-state index is 0.271. The number of anilines is 2. The number of benzene rings is 2. The number of nitrogens with one attached hydrogen (secondary N) is 2. The van der Waals surface area contributed by atoms with Gasteiger partial charge >= 0.3 is 6.03 Å². The van der Waals surface area contributed by atoms with Crippen molar-refractivity contribution in [3.63, 3.8) is 0 Å². The lowest BCUT2D eigenvalue weighted by Crippen LogP contribution is -2.20. The molecule has 0 radical (unpaired) electrons. The summed E-state index contributed by atoms with van der Waals surface area (Å²) in [6, 6.07) is 13.2. The molecule has 2 amide bonds. The standard InChI is InChI=1S/C19H22ClN3O/c1-14-4-7-16(20)12-18(14)22-19(24)21-17-8-5-15(6-9-17)13-23-10-2-3-11-23/h4-9,12H,2-3,10-11,13H2,1H3,(H2,21,22,24). The summed E-state index contributed by atoms with van der Waals surface area (Å²) in [4.78, 5) is 14.6. The number of hydrogen-bond donors (Lipinski definition) is 2. The Hall–Kier alpha value is -2.04. The minimum Gasteiger partial charge on any atom is -0.308 e. The summed E-state index contributed by atoms with van der Waals surface area (Å²) in [5.74, 6) is 0. The molecule has 0 unspecified atom stereocenters. The fraction of sp³-hybridized carbons (Fsp3) is 0.316. The van der Waals surface area contributed by atoms with E-state index in [0.29, 0.717) is 10.7 Å². The first-order valence-corrected chi connectivity index (χ1v) is 8.63. The smallest absolute Gasteiger partial charge is 0.308 e. The highest BCUT2D eigenvalue weighted by molar-refractivity contribution is 6.31. The molecule has 1 saturated heterocycles. The maximum atomic E-state index is 12.1. The molecule has 1 heterocycles. The van der Waals surface area contributed by atoms with Crippen LogP contribution in [-0.4, -0.2) is 24.0 Å². The van der Waals surface area contributed by atoms with Crippen molar-refractivity contribution in [2.24, 2.45) is 0 Å². The molecule has 2 aromatic carbocycles. The molecule has 0 aliphatic carbocycles. The third-order valence-electron chi connectivity index (χ3n) is 4.26. The fourth-order valence-corrected chi connectivity index (χ4v) is 3.08. The van der Waals surface area contributed by atoms with Gasteiger partial charge in [-0.1, -0.05) is 29.8 Å². The predicted octanol–water partition coefficient (Wildman–Crippen LogP) is 4.89. The Labute approximate surface area is 147 Å². The second-order valence-electron chi connectivity index (χ2n) is 6.22. The van der Waals surface area contributed by atoms with E-state index in [1.165, 1.54) is 31.5 Å². The monoisotopic (exact) mass is 343 g/mol. The third kappa shape index (κ3) is 4.49. The SMILES string of the molecule is Cc1ccc(Cl)cc1NC(=O)Nc1ccc(CN2CCCC2)cc1. The van der Waals surface area contributed by atoms with Crippen molar-refractivity contribution >= 4 is 29.0 Å². The van der Waals surface area contributed by atoms with Gasteiger partial charge in [0.2, 0.25) is 0 Å². The summed E-state index contributed by atoms with van der Waals surface area (Å²) in [7, 11) is 0. The first kappa shape index (κ1) is 16.8. The summed E-state index contributed by atoms with van der Waals surface area (Å²) in [6.07, 6.45) is 2.59. The van der Waals surface area contributed by atoms with Crippen LogP contribution in [0.5, 0.6) is 0 Å². The van der Waals surface area contributed by atoms with Crippen molar-refractivity contribution in [3.05, 3.63) is 58.6 Å². The van der Waals surface area contributed by atoms with E-state index in [0.717, 1.165) is 17.8 Å². The molecule has 24 heavy (non-hydrogen) atoms. The molecule has 0 bridgehead atoms. The molecule has 1 aliphatic rings. The van der Waals surface area contributed by atoms with Crippen LogP contribution in [0.25, 0.3) is 0 Å². The summed E-state index contributed by atoms with van der Waals surface area (Å²) < 4.78 is 0. The number of hydrogen-bond acceptors (Lipinski definition) is 2. The third-order valence-corrected chi connectivity index (χ3v) is 4.50. The number of carbonyl (C=O) groups is 1. The minimum atomic E-state index is -0.271. The van der Waals surface area contributed by atoms with Crippen LogP contribution in [0, 0.1) is 6.92 Å². The van der Waals surface area contributed by atoms with Crippen molar-refractivity contribution in [1.29, 1.82) is 0 Å². The van der Waals surface area contributed by atoms with Crippen LogP contribution in [-0.2, 0) is 6.54 Å². The number of halogens is 1. The van der Waals surface area contributed by atoms with Gasteiger partial charge in [0.1, 0.15) is 0 Å². The zero-order valence-electron chi connectivity index (χ0n) is 13.8. The summed E-state index contributed by atoms with van der Waals surface area (Å²) in [5.41, 5.74) is 3.73. The van der Waals surface area contributed by atoms with E-state index < -0.39 is 0 Å². The van der Waals surface area contributed by atoms with Gasteiger partial charge in [0, 0.05) is 22.9 Å². The number of carbonyl (C=O) groups excluding carboxylic acids is 1. The van der Waals surface area contributed by atoms with Crippen molar-refractivity contribution in [1.82, 2.24) is 4.90 Å². The lowest BCUT2D eigenvalue weighted by Gasteiger charge is -2.15. The van der Waals surface area contributed by atoms with Gasteiger partial charge < -0.3 is 10.6 Å². The Morgan fingerprint density at radius 1 is 1.08 bits per heavy atom. The highest BCUT2D eigenvalue weighted by Gasteiger charge is 2.11. The van der Waals surface area contributed by atoms with Crippen molar-refractivity contribution in [2.75, 3.05) is 23.7 Å². The zero-order valence-corrected chi connectivity index (χ0v) is 14.6. The Bertz CT molecular complexity index is 709. The molecule has 0 atom stereocenters. The van der Waals surface area contributed by atoms with Crippen LogP contribution in [0.15, 0.2) is 42.5 Å². The van der Waals surface area contributed by atoms with Gasteiger partial charge in [-0.3, -0.25) is 4.90 Å². The molecular formula is C19H22ClN3O. The molecule has 4 nitrogen and oxygen atoms in total. The highest BCUT2D eigenvalue weighted by atomic mass is 35.5. The summed E-state index contributed by atoms with van der Waals surface area (Å²) in [5, 5.41) is 6.28. The Morgan fingerprint density at radius 3 is 2.50 bits per heavy atom. The summed E-state index contributed by atoms with van der Waals surface area (Å²) in [6.45, 7) is 5.27. The van der Waals surface area contributed by atoms with Crippen LogP contribution in [0.3, 0.4) is 0 Å². The van der Waals surface area contributed by atoms with Gasteiger partial charge in [0.25, 0.3) is 0 Å². The van der Waals surface area contributed by atoms with Crippen molar-refractivity contribution in [2.45, 2.75) is 26.3 Å². The molecule has 1 fully saturated rings. The first-order valence-electron chi connectivity index (χ1n) is 8.25. The van der Waals surface area contributed by atoms with E-state index in [1.54, 1.807) is 12.1 Å².